The van der Waals surface area contributed by atoms with E-state index in [0.29, 0.717) is 12.8 Å². The van der Waals surface area contributed by atoms with E-state index in [2.05, 4.69) is 55.6 Å². The van der Waals surface area contributed by atoms with Crippen molar-refractivity contribution in [3.63, 3.8) is 0 Å². The maximum absolute atomic E-state index is 13.3. The van der Waals surface area contributed by atoms with Gasteiger partial charge in [0.05, 0.1) is 25.4 Å². The molecule has 1 rings (SSSR count). The Bertz CT molecular complexity index is 1590. The molecule has 11 heteroatoms. The van der Waals surface area contributed by atoms with E-state index in [1.165, 1.54) is 321 Å². The number of hydrogen-bond donors (Lipinski definition) is 8. The summed E-state index contributed by atoms with van der Waals surface area (Å²) >= 11 is 0. The van der Waals surface area contributed by atoms with Crippen molar-refractivity contribution in [1.82, 2.24) is 5.32 Å². The van der Waals surface area contributed by atoms with Gasteiger partial charge in [-0.2, -0.15) is 0 Å². The second kappa shape index (κ2) is 69.2. The highest BCUT2D eigenvalue weighted by Crippen LogP contribution is 2.24. The van der Waals surface area contributed by atoms with Crippen molar-refractivity contribution >= 4 is 5.91 Å². The van der Waals surface area contributed by atoms with Gasteiger partial charge >= 0.3 is 0 Å². The average Bonchev–Trinajstić information content (AvgIpc) is 0.913. The van der Waals surface area contributed by atoms with Crippen LogP contribution in [0.2, 0.25) is 0 Å². The molecule has 0 aromatic carbocycles. The third kappa shape index (κ3) is 55.3. The Kier molecular flexibility index (Phi) is 66.5. The monoisotopic (exact) mass is 1300 g/mol. The van der Waals surface area contributed by atoms with Crippen LogP contribution in [0, 0.1) is 0 Å². The highest BCUT2D eigenvalue weighted by atomic mass is 16.7. The van der Waals surface area contributed by atoms with Gasteiger partial charge in [0.15, 0.2) is 6.29 Å². The summed E-state index contributed by atoms with van der Waals surface area (Å²) in [6.07, 6.45) is 79.8. The Labute approximate surface area is 568 Å². The van der Waals surface area contributed by atoms with Gasteiger partial charge < -0.3 is 50.5 Å². The molecule has 9 unspecified atom stereocenters. The molecule has 0 aliphatic carbocycles. The summed E-state index contributed by atoms with van der Waals surface area (Å²) in [7, 11) is 0. The van der Waals surface area contributed by atoms with Crippen LogP contribution in [0.25, 0.3) is 0 Å². The molecule has 0 aromatic rings. The minimum Gasteiger partial charge on any atom is -0.394 e. The molecule has 11 nitrogen and oxygen atoms in total. The lowest BCUT2D eigenvalue weighted by Gasteiger charge is -2.40. The van der Waals surface area contributed by atoms with Crippen molar-refractivity contribution in [1.29, 1.82) is 0 Å². The van der Waals surface area contributed by atoms with Gasteiger partial charge in [0, 0.05) is 0 Å². The normalized spacial score (nSPS) is 18.5. The van der Waals surface area contributed by atoms with Crippen LogP contribution in [0.3, 0.4) is 0 Å². The van der Waals surface area contributed by atoms with E-state index in [1.54, 1.807) is 0 Å². The fourth-order valence-electron chi connectivity index (χ4n) is 13.2. The SMILES string of the molecule is CCCCCCCCCCCCC/C=C\C/C=C\CCCCCCCCCCCCCCCCCCC(O)C(=O)NC(COC1OC(CO)C(O)C(O)C1O)C(O)C(O)CCC/C=C/CCCCCCCCCCCCCCCCCCCCCCCCCCCC. The molecule has 0 aromatic heterocycles. The maximum Gasteiger partial charge on any atom is 0.249 e. The predicted molar refractivity (Wildman–Crippen MR) is 390 cm³/mol. The molecular weight excluding hydrogens is 1150 g/mol. The fourth-order valence-corrected chi connectivity index (χ4v) is 13.2. The second-order valence-electron chi connectivity index (χ2n) is 28.5. The number of hydrogen-bond acceptors (Lipinski definition) is 10. The third-order valence-corrected chi connectivity index (χ3v) is 19.7. The zero-order valence-corrected chi connectivity index (χ0v) is 60.6. The van der Waals surface area contributed by atoms with Crippen molar-refractivity contribution in [2.75, 3.05) is 13.2 Å². The van der Waals surface area contributed by atoms with Gasteiger partial charge in [-0.15, -0.1) is 0 Å². The Morgan fingerprint density at radius 3 is 1.00 bits per heavy atom. The molecular formula is C81H155NO10. The van der Waals surface area contributed by atoms with Crippen molar-refractivity contribution in [3.8, 4) is 0 Å². The highest BCUT2D eigenvalue weighted by molar-refractivity contribution is 5.80. The maximum atomic E-state index is 13.3. The number of aliphatic hydroxyl groups excluding tert-OH is 7. The van der Waals surface area contributed by atoms with Crippen LogP contribution in [0.5, 0.6) is 0 Å². The van der Waals surface area contributed by atoms with Gasteiger partial charge in [-0.1, -0.05) is 371 Å². The van der Waals surface area contributed by atoms with Crippen LogP contribution in [0.4, 0.5) is 0 Å². The van der Waals surface area contributed by atoms with Gasteiger partial charge in [0.2, 0.25) is 5.91 Å². The third-order valence-electron chi connectivity index (χ3n) is 19.7. The Morgan fingerprint density at radius 1 is 0.380 bits per heavy atom. The molecule has 0 spiro atoms. The summed E-state index contributed by atoms with van der Waals surface area (Å²) in [5.74, 6) is -0.700. The van der Waals surface area contributed by atoms with Crippen LogP contribution in [-0.2, 0) is 14.3 Å². The Balaban J connectivity index is 2.14. The molecule has 1 aliphatic heterocycles. The zero-order chi connectivity index (χ0) is 66.7. The summed E-state index contributed by atoms with van der Waals surface area (Å²) in [6, 6.07) is -1.19. The van der Waals surface area contributed by atoms with Gasteiger partial charge in [-0.25, -0.2) is 0 Å². The lowest BCUT2D eigenvalue weighted by atomic mass is 9.98. The molecule has 0 saturated carbocycles. The predicted octanol–water partition coefficient (Wildman–Crippen LogP) is 20.9. The molecule has 9 atom stereocenters. The minimum atomic E-state index is -1.67. The number of carbonyl (C=O) groups excluding carboxylic acids is 1. The Hall–Kier alpha value is -1.67. The van der Waals surface area contributed by atoms with E-state index in [-0.39, 0.29) is 12.8 Å². The van der Waals surface area contributed by atoms with Crippen molar-refractivity contribution in [2.45, 2.75) is 461 Å². The highest BCUT2D eigenvalue weighted by Gasteiger charge is 2.44. The van der Waals surface area contributed by atoms with Gasteiger partial charge in [0.25, 0.3) is 0 Å². The van der Waals surface area contributed by atoms with E-state index in [9.17, 15) is 40.5 Å². The molecule has 1 aliphatic rings. The number of allylic oxidation sites excluding steroid dienone is 6. The standard InChI is InChI=1S/C81H155NO10/c1-3-5-7-9-11-13-15-17-19-21-23-25-27-29-31-33-35-36-37-39-41-43-45-47-49-51-53-55-57-59-61-63-65-67-69-74(85)80(90)82-72(71-91-81-79(89)78(88)77(87)75(70-83)92-81)76(86)73(84)68-66-64-62-60-58-56-54-52-50-48-46-44-42-40-38-34-32-30-28-26-24-22-20-18-16-14-12-10-8-6-4-2/h27,29,33,35,60,62,72-79,81,83-89H,3-26,28,30-32,34,36-59,61,63-71H2,1-2H3,(H,82,90)/b29-27-,35-33-,62-60+. The summed E-state index contributed by atoms with van der Waals surface area (Å²) in [5, 5.41) is 76.7. The minimum absolute atomic E-state index is 0.256. The molecule has 1 heterocycles. The van der Waals surface area contributed by atoms with Crippen LogP contribution < -0.4 is 5.32 Å². The lowest BCUT2D eigenvalue weighted by molar-refractivity contribution is -0.303. The second-order valence-corrected chi connectivity index (χ2v) is 28.5. The molecule has 1 saturated heterocycles. The van der Waals surface area contributed by atoms with Gasteiger partial charge in [0.1, 0.15) is 36.6 Å². The van der Waals surface area contributed by atoms with Crippen LogP contribution in [-0.4, -0.2) is 110 Å². The van der Waals surface area contributed by atoms with E-state index < -0.39 is 74.2 Å². The smallest absolute Gasteiger partial charge is 0.249 e. The number of carbonyl (C=O) groups is 1. The van der Waals surface area contributed by atoms with Crippen molar-refractivity contribution in [2.24, 2.45) is 0 Å². The average molecular weight is 1300 g/mol. The molecule has 544 valence electrons. The molecule has 92 heavy (non-hydrogen) atoms. The van der Waals surface area contributed by atoms with Crippen molar-refractivity contribution in [3.05, 3.63) is 36.5 Å². The number of ether oxygens (including phenoxy) is 2. The summed E-state index contributed by atoms with van der Waals surface area (Å²) in [6.45, 7) is 3.51. The number of unbranched alkanes of at least 4 members (excludes halogenated alkanes) is 54. The van der Waals surface area contributed by atoms with Crippen molar-refractivity contribution < 1.29 is 50.0 Å². The molecule has 1 fully saturated rings. The molecule has 0 bridgehead atoms. The summed E-state index contributed by atoms with van der Waals surface area (Å²) in [5.41, 5.74) is 0. The van der Waals surface area contributed by atoms with E-state index >= 15 is 0 Å². The lowest BCUT2D eigenvalue weighted by Crippen LogP contribution is -2.60. The number of aliphatic hydroxyl groups is 7. The molecule has 8 N–H and O–H groups in total. The quantitative estimate of drug-likeness (QED) is 0.0215. The first-order chi connectivity index (χ1) is 45.2. The first kappa shape index (κ1) is 88.3. The fraction of sp³-hybridized carbons (Fsp3) is 0.914. The first-order valence-electron chi connectivity index (χ1n) is 40.4. The number of rotatable bonds is 72. The van der Waals surface area contributed by atoms with E-state index in [0.717, 1.165) is 44.9 Å². The van der Waals surface area contributed by atoms with E-state index in [1.807, 2.05) is 0 Å². The van der Waals surface area contributed by atoms with Crippen LogP contribution in [0.1, 0.15) is 406 Å². The zero-order valence-electron chi connectivity index (χ0n) is 60.6. The molecule has 1 amide bonds. The van der Waals surface area contributed by atoms with Gasteiger partial charge in [-0.05, 0) is 70.6 Å². The first-order valence-corrected chi connectivity index (χ1v) is 40.4. The Morgan fingerprint density at radius 2 is 0.674 bits per heavy atom. The van der Waals surface area contributed by atoms with Gasteiger partial charge in [-0.3, -0.25) is 4.79 Å². The largest absolute Gasteiger partial charge is 0.394 e. The van der Waals surface area contributed by atoms with Crippen LogP contribution in [0.15, 0.2) is 36.5 Å². The summed E-state index contributed by atoms with van der Waals surface area (Å²) in [4.78, 5) is 13.3. The summed E-state index contributed by atoms with van der Waals surface area (Å²) < 4.78 is 11.2. The van der Waals surface area contributed by atoms with E-state index in [4.69, 9.17) is 9.47 Å². The number of amides is 1. The number of nitrogens with one attached hydrogen (secondary N) is 1. The molecule has 0 radical (unpaired) electrons. The van der Waals surface area contributed by atoms with Crippen LogP contribution >= 0.6 is 0 Å². The topological polar surface area (TPSA) is 189 Å².